The average molecular weight is 251 g/mol. The zero-order valence-electron chi connectivity index (χ0n) is 9.32. The second-order valence-electron chi connectivity index (χ2n) is 3.90. The maximum absolute atomic E-state index is 13.7. The number of aromatic nitrogens is 1. The van der Waals surface area contributed by atoms with Crippen LogP contribution in [0.4, 0.5) is 4.39 Å². The molecule has 0 aliphatic heterocycles. The average Bonchev–Trinajstić information content (AvgIpc) is 2.32. The summed E-state index contributed by atoms with van der Waals surface area (Å²) in [6.07, 6.45) is 3.10. The van der Waals surface area contributed by atoms with E-state index in [1.54, 1.807) is 24.4 Å². The smallest absolute Gasteiger partial charge is 0.128 e. The minimum Gasteiger partial charge on any atom is -0.320 e. The van der Waals surface area contributed by atoms with Crippen LogP contribution < -0.4 is 5.73 Å². The lowest BCUT2D eigenvalue weighted by Crippen LogP contribution is -2.14. The fourth-order valence-electron chi connectivity index (χ4n) is 1.71. The molecule has 0 spiro atoms. The predicted molar refractivity (Wildman–Crippen MR) is 66.4 cm³/mol. The molecule has 4 heteroatoms. The number of aryl methyl sites for hydroxylation is 1. The van der Waals surface area contributed by atoms with Gasteiger partial charge in [-0.05, 0) is 24.6 Å². The van der Waals surface area contributed by atoms with Crippen molar-refractivity contribution in [3.63, 3.8) is 0 Å². The van der Waals surface area contributed by atoms with Gasteiger partial charge in [0.2, 0.25) is 0 Å². The van der Waals surface area contributed by atoms with E-state index in [4.69, 9.17) is 17.3 Å². The van der Waals surface area contributed by atoms with Crippen molar-refractivity contribution >= 4 is 11.6 Å². The molecule has 0 fully saturated rings. The molecule has 1 aromatic heterocycles. The van der Waals surface area contributed by atoms with Crippen LogP contribution in [0.15, 0.2) is 36.7 Å². The Morgan fingerprint density at radius 1 is 1.29 bits per heavy atom. The van der Waals surface area contributed by atoms with Crippen LogP contribution in [0, 0.1) is 12.7 Å². The van der Waals surface area contributed by atoms with E-state index in [9.17, 15) is 4.39 Å². The lowest BCUT2D eigenvalue weighted by Gasteiger charge is -2.15. The van der Waals surface area contributed by atoms with Crippen LogP contribution in [0.25, 0.3) is 0 Å². The Morgan fingerprint density at radius 3 is 2.76 bits per heavy atom. The standard InChI is InChI=1S/C13H12ClFN2/c1-8-2-3-12(15)10(6-8)13(16)9-4-5-17-7-11(9)14/h2-7,13H,16H2,1H3. The highest BCUT2D eigenvalue weighted by Crippen LogP contribution is 2.27. The van der Waals surface area contributed by atoms with Gasteiger partial charge in [-0.25, -0.2) is 4.39 Å². The predicted octanol–water partition coefficient (Wildman–Crippen LogP) is 3.23. The normalized spacial score (nSPS) is 12.5. The molecule has 88 valence electrons. The molecule has 0 aliphatic carbocycles. The molecule has 1 heterocycles. The van der Waals surface area contributed by atoms with Gasteiger partial charge in [0.1, 0.15) is 5.82 Å². The Labute approximate surface area is 104 Å². The summed E-state index contributed by atoms with van der Waals surface area (Å²) < 4.78 is 13.7. The molecule has 0 saturated carbocycles. The summed E-state index contributed by atoms with van der Waals surface area (Å²) in [5, 5.41) is 0.445. The lowest BCUT2D eigenvalue weighted by atomic mass is 9.98. The van der Waals surface area contributed by atoms with Gasteiger partial charge in [0.05, 0.1) is 11.1 Å². The van der Waals surface area contributed by atoms with Gasteiger partial charge >= 0.3 is 0 Å². The van der Waals surface area contributed by atoms with Crippen LogP contribution in [0.3, 0.4) is 0 Å². The third-order valence-corrected chi connectivity index (χ3v) is 2.94. The number of nitrogens with zero attached hydrogens (tertiary/aromatic N) is 1. The van der Waals surface area contributed by atoms with E-state index < -0.39 is 6.04 Å². The number of pyridine rings is 1. The van der Waals surface area contributed by atoms with E-state index in [0.717, 1.165) is 5.56 Å². The summed E-state index contributed by atoms with van der Waals surface area (Å²) in [6, 6.07) is 5.98. The molecular formula is C13H12ClFN2. The number of nitrogens with two attached hydrogens (primary N) is 1. The maximum Gasteiger partial charge on any atom is 0.128 e. The summed E-state index contributed by atoms with van der Waals surface area (Å²) in [5.74, 6) is -0.323. The van der Waals surface area contributed by atoms with Crippen molar-refractivity contribution in [2.75, 3.05) is 0 Å². The van der Waals surface area contributed by atoms with Crippen LogP contribution >= 0.6 is 11.6 Å². The summed E-state index contributed by atoms with van der Waals surface area (Å²) in [5.41, 5.74) is 8.11. The molecule has 2 rings (SSSR count). The summed E-state index contributed by atoms with van der Waals surface area (Å²) >= 11 is 6.00. The van der Waals surface area contributed by atoms with Crippen molar-refractivity contribution in [3.8, 4) is 0 Å². The van der Waals surface area contributed by atoms with E-state index in [1.807, 2.05) is 6.92 Å². The molecule has 1 unspecified atom stereocenters. The first kappa shape index (κ1) is 12.0. The molecule has 1 atom stereocenters. The number of rotatable bonds is 2. The van der Waals surface area contributed by atoms with Crippen LogP contribution in [0.1, 0.15) is 22.7 Å². The van der Waals surface area contributed by atoms with Gasteiger partial charge in [-0.1, -0.05) is 29.3 Å². The first-order valence-corrected chi connectivity index (χ1v) is 5.58. The van der Waals surface area contributed by atoms with E-state index >= 15 is 0 Å². The van der Waals surface area contributed by atoms with Crippen molar-refractivity contribution in [3.05, 3.63) is 64.2 Å². The first-order chi connectivity index (χ1) is 8.09. The Kier molecular flexibility index (Phi) is 3.41. The Bertz CT molecular complexity index is 543. The topological polar surface area (TPSA) is 38.9 Å². The molecule has 2 nitrogen and oxygen atoms in total. The molecule has 0 bridgehead atoms. The van der Waals surface area contributed by atoms with Crippen molar-refractivity contribution < 1.29 is 4.39 Å². The third kappa shape index (κ3) is 2.46. The van der Waals surface area contributed by atoms with E-state index in [1.165, 1.54) is 12.3 Å². The molecule has 0 radical (unpaired) electrons. The number of benzene rings is 1. The van der Waals surface area contributed by atoms with Crippen LogP contribution in [-0.2, 0) is 0 Å². The second kappa shape index (κ2) is 4.82. The SMILES string of the molecule is Cc1ccc(F)c(C(N)c2ccncc2Cl)c1. The van der Waals surface area contributed by atoms with Gasteiger partial charge in [-0.2, -0.15) is 0 Å². The minimum atomic E-state index is -0.578. The molecular weight excluding hydrogens is 239 g/mol. The van der Waals surface area contributed by atoms with Crippen molar-refractivity contribution in [1.82, 2.24) is 4.98 Å². The summed E-state index contributed by atoms with van der Waals surface area (Å²) in [4.78, 5) is 3.88. The largest absolute Gasteiger partial charge is 0.320 e. The Hall–Kier alpha value is -1.45. The summed E-state index contributed by atoms with van der Waals surface area (Å²) in [7, 11) is 0. The molecule has 0 amide bonds. The zero-order chi connectivity index (χ0) is 12.4. The Morgan fingerprint density at radius 2 is 2.06 bits per heavy atom. The van der Waals surface area contributed by atoms with Gasteiger partial charge in [0, 0.05) is 18.0 Å². The molecule has 0 aliphatic rings. The third-order valence-electron chi connectivity index (χ3n) is 2.63. The highest BCUT2D eigenvalue weighted by atomic mass is 35.5. The Balaban J connectivity index is 2.47. The molecule has 2 N–H and O–H groups in total. The minimum absolute atomic E-state index is 0.323. The van der Waals surface area contributed by atoms with E-state index in [2.05, 4.69) is 4.98 Å². The van der Waals surface area contributed by atoms with E-state index in [-0.39, 0.29) is 5.82 Å². The van der Waals surface area contributed by atoms with Crippen molar-refractivity contribution in [2.24, 2.45) is 5.73 Å². The fourth-order valence-corrected chi connectivity index (χ4v) is 1.94. The summed E-state index contributed by atoms with van der Waals surface area (Å²) in [6.45, 7) is 1.89. The lowest BCUT2D eigenvalue weighted by molar-refractivity contribution is 0.599. The number of hydrogen-bond acceptors (Lipinski definition) is 2. The van der Waals surface area contributed by atoms with Crippen LogP contribution in [0.5, 0.6) is 0 Å². The molecule has 0 saturated heterocycles. The number of hydrogen-bond donors (Lipinski definition) is 1. The molecule has 17 heavy (non-hydrogen) atoms. The van der Waals surface area contributed by atoms with Gasteiger partial charge in [0.25, 0.3) is 0 Å². The van der Waals surface area contributed by atoms with E-state index in [0.29, 0.717) is 16.1 Å². The van der Waals surface area contributed by atoms with Gasteiger partial charge in [-0.15, -0.1) is 0 Å². The van der Waals surface area contributed by atoms with Crippen LogP contribution in [0.2, 0.25) is 5.02 Å². The van der Waals surface area contributed by atoms with Gasteiger partial charge in [0.15, 0.2) is 0 Å². The highest BCUT2D eigenvalue weighted by molar-refractivity contribution is 6.31. The monoisotopic (exact) mass is 250 g/mol. The quantitative estimate of drug-likeness (QED) is 0.889. The van der Waals surface area contributed by atoms with Gasteiger partial charge in [-0.3, -0.25) is 4.98 Å². The zero-order valence-corrected chi connectivity index (χ0v) is 10.1. The van der Waals surface area contributed by atoms with Crippen molar-refractivity contribution in [2.45, 2.75) is 13.0 Å². The fraction of sp³-hybridized carbons (Fsp3) is 0.154. The molecule has 2 aromatic rings. The first-order valence-electron chi connectivity index (χ1n) is 5.20. The van der Waals surface area contributed by atoms with Gasteiger partial charge < -0.3 is 5.73 Å². The van der Waals surface area contributed by atoms with Crippen molar-refractivity contribution in [1.29, 1.82) is 0 Å². The second-order valence-corrected chi connectivity index (χ2v) is 4.31. The highest BCUT2D eigenvalue weighted by Gasteiger charge is 2.16. The maximum atomic E-state index is 13.7. The number of halogens is 2. The molecule has 1 aromatic carbocycles. The van der Waals surface area contributed by atoms with Crippen LogP contribution in [-0.4, -0.2) is 4.98 Å².